The first-order valence-corrected chi connectivity index (χ1v) is 12.5. The van der Waals surface area contributed by atoms with Crippen molar-refractivity contribution in [2.45, 2.75) is 56.1 Å². The van der Waals surface area contributed by atoms with E-state index in [1.54, 1.807) is 7.11 Å². The zero-order chi connectivity index (χ0) is 22.5. The van der Waals surface area contributed by atoms with E-state index in [2.05, 4.69) is 38.1 Å². The summed E-state index contributed by atoms with van der Waals surface area (Å²) in [7, 11) is 1.65. The number of thioether (sulfide) groups is 1. The number of hydrogen-bond donors (Lipinski definition) is 0. The molecule has 2 heterocycles. The Morgan fingerprint density at radius 3 is 2.66 bits per heavy atom. The van der Waals surface area contributed by atoms with Gasteiger partial charge in [-0.1, -0.05) is 32.0 Å². The Morgan fingerprint density at radius 2 is 1.97 bits per heavy atom. The van der Waals surface area contributed by atoms with Crippen LogP contribution < -0.4 is 9.47 Å². The van der Waals surface area contributed by atoms with Crippen molar-refractivity contribution in [1.29, 1.82) is 0 Å². The largest absolute Gasteiger partial charge is 0.493 e. The highest BCUT2D eigenvalue weighted by atomic mass is 32.2. The van der Waals surface area contributed by atoms with Gasteiger partial charge in [0.05, 0.1) is 13.7 Å². The Kier molecular flexibility index (Phi) is 7.63. The molecule has 2 saturated heterocycles. The lowest BCUT2D eigenvalue weighted by Gasteiger charge is -2.19. The van der Waals surface area contributed by atoms with E-state index in [1.807, 2.05) is 34.9 Å². The molecule has 32 heavy (non-hydrogen) atoms. The van der Waals surface area contributed by atoms with Crippen LogP contribution in [0, 0.1) is 0 Å². The molecule has 5 nitrogen and oxygen atoms in total. The van der Waals surface area contributed by atoms with Crippen LogP contribution in [0.25, 0.3) is 0 Å². The molecule has 2 aliphatic heterocycles. The minimum Gasteiger partial charge on any atom is -0.493 e. The number of benzene rings is 2. The average molecular weight is 456 g/mol. The van der Waals surface area contributed by atoms with Crippen molar-refractivity contribution in [2.75, 3.05) is 32.6 Å². The van der Waals surface area contributed by atoms with Gasteiger partial charge in [-0.15, -0.1) is 11.8 Å². The van der Waals surface area contributed by atoms with Crippen molar-refractivity contribution >= 4 is 17.7 Å². The topological polar surface area (TPSA) is 48.0 Å². The molecule has 2 unspecified atom stereocenters. The zero-order valence-corrected chi connectivity index (χ0v) is 20.0. The van der Waals surface area contributed by atoms with Gasteiger partial charge in [0.25, 0.3) is 0 Å². The van der Waals surface area contributed by atoms with Crippen molar-refractivity contribution < 1.29 is 19.0 Å². The van der Waals surface area contributed by atoms with Crippen LogP contribution in [0.3, 0.4) is 0 Å². The molecule has 0 radical (unpaired) electrons. The average Bonchev–Trinajstić information content (AvgIpc) is 3.44. The fourth-order valence-corrected chi connectivity index (χ4v) is 5.13. The van der Waals surface area contributed by atoms with E-state index in [-0.39, 0.29) is 18.1 Å². The number of hydrogen-bond acceptors (Lipinski definition) is 5. The van der Waals surface area contributed by atoms with E-state index in [4.69, 9.17) is 14.2 Å². The molecule has 0 aromatic heterocycles. The molecule has 1 amide bonds. The standard InChI is InChI=1S/C26H33NO4S/c1-18(2)19-6-9-22(10-7-19)32-14-12-27-17-21(16-25(27)28)20-8-11-23(29-3)24(15-20)31-26-5-4-13-30-26/h6-11,15,18,21,26H,4-5,12-14,16-17H2,1-3H3. The van der Waals surface area contributed by atoms with Crippen molar-refractivity contribution in [1.82, 2.24) is 4.90 Å². The maximum atomic E-state index is 12.6. The third-order valence-electron chi connectivity index (χ3n) is 6.20. The summed E-state index contributed by atoms with van der Waals surface area (Å²) < 4.78 is 17.1. The molecule has 0 spiro atoms. The zero-order valence-electron chi connectivity index (χ0n) is 19.2. The molecule has 172 valence electrons. The van der Waals surface area contributed by atoms with Gasteiger partial charge in [-0.05, 0) is 47.7 Å². The van der Waals surface area contributed by atoms with Crippen LogP contribution in [0.4, 0.5) is 0 Å². The van der Waals surface area contributed by atoms with Gasteiger partial charge in [0.15, 0.2) is 17.8 Å². The summed E-state index contributed by atoms with van der Waals surface area (Å²) in [6, 6.07) is 14.8. The molecule has 0 bridgehead atoms. The monoisotopic (exact) mass is 455 g/mol. The van der Waals surface area contributed by atoms with E-state index < -0.39 is 0 Å². The number of amides is 1. The van der Waals surface area contributed by atoms with E-state index in [0.29, 0.717) is 23.8 Å². The number of carbonyl (C=O) groups is 1. The first-order chi connectivity index (χ1) is 15.5. The molecule has 2 fully saturated rings. The molecule has 0 aliphatic carbocycles. The molecule has 2 aliphatic rings. The lowest BCUT2D eigenvalue weighted by Crippen LogP contribution is -2.27. The minimum absolute atomic E-state index is 0.176. The van der Waals surface area contributed by atoms with Crippen LogP contribution in [0.1, 0.15) is 56.1 Å². The molecule has 2 aromatic carbocycles. The van der Waals surface area contributed by atoms with Crippen molar-refractivity contribution in [3.05, 3.63) is 53.6 Å². The quantitative estimate of drug-likeness (QED) is 0.471. The van der Waals surface area contributed by atoms with E-state index in [9.17, 15) is 4.79 Å². The fraction of sp³-hybridized carbons (Fsp3) is 0.500. The van der Waals surface area contributed by atoms with Gasteiger partial charge in [0.2, 0.25) is 5.91 Å². The number of likely N-dealkylation sites (tertiary alicyclic amines) is 1. The SMILES string of the molecule is COc1ccc(C2CC(=O)N(CCSc3ccc(C(C)C)cc3)C2)cc1OC1CCCO1. The van der Waals surface area contributed by atoms with Gasteiger partial charge < -0.3 is 19.1 Å². The smallest absolute Gasteiger partial charge is 0.223 e. The highest BCUT2D eigenvalue weighted by Gasteiger charge is 2.31. The summed E-state index contributed by atoms with van der Waals surface area (Å²) in [5.41, 5.74) is 2.47. The fourth-order valence-electron chi connectivity index (χ4n) is 4.26. The van der Waals surface area contributed by atoms with E-state index >= 15 is 0 Å². The Bertz CT molecular complexity index is 909. The lowest BCUT2D eigenvalue weighted by atomic mass is 9.98. The maximum absolute atomic E-state index is 12.6. The molecular weight excluding hydrogens is 422 g/mol. The number of nitrogens with zero attached hydrogens (tertiary/aromatic N) is 1. The molecule has 2 aromatic rings. The van der Waals surface area contributed by atoms with Gasteiger partial charge in [-0.2, -0.15) is 0 Å². The molecular formula is C26H33NO4S. The third-order valence-corrected chi connectivity index (χ3v) is 7.19. The summed E-state index contributed by atoms with van der Waals surface area (Å²) in [5, 5.41) is 0. The summed E-state index contributed by atoms with van der Waals surface area (Å²) in [6.07, 6.45) is 2.23. The van der Waals surface area contributed by atoms with Crippen molar-refractivity contribution in [3.8, 4) is 11.5 Å². The second-order valence-electron chi connectivity index (χ2n) is 8.78. The van der Waals surface area contributed by atoms with Gasteiger partial charge in [0, 0.05) is 42.5 Å². The molecule has 6 heteroatoms. The van der Waals surface area contributed by atoms with E-state index in [1.165, 1.54) is 10.5 Å². The molecule has 0 saturated carbocycles. The highest BCUT2D eigenvalue weighted by Crippen LogP contribution is 2.36. The lowest BCUT2D eigenvalue weighted by molar-refractivity contribution is -0.127. The van der Waals surface area contributed by atoms with Gasteiger partial charge in [-0.25, -0.2) is 0 Å². The first-order valence-electron chi connectivity index (χ1n) is 11.5. The van der Waals surface area contributed by atoms with E-state index in [0.717, 1.165) is 43.9 Å². The maximum Gasteiger partial charge on any atom is 0.223 e. The van der Waals surface area contributed by atoms with Crippen LogP contribution >= 0.6 is 11.8 Å². The summed E-state index contributed by atoms with van der Waals surface area (Å²) in [5.74, 6) is 3.24. The van der Waals surface area contributed by atoms with Gasteiger partial charge in [0.1, 0.15) is 0 Å². The van der Waals surface area contributed by atoms with Crippen LogP contribution in [0.2, 0.25) is 0 Å². The predicted molar refractivity (Wildman–Crippen MR) is 128 cm³/mol. The van der Waals surface area contributed by atoms with Crippen LogP contribution in [0.5, 0.6) is 11.5 Å². The molecule has 2 atom stereocenters. The number of rotatable bonds is 9. The predicted octanol–water partition coefficient (Wildman–Crippen LogP) is 5.44. The summed E-state index contributed by atoms with van der Waals surface area (Å²) in [6.45, 7) is 6.66. The van der Waals surface area contributed by atoms with Crippen LogP contribution in [-0.2, 0) is 9.53 Å². The molecule has 4 rings (SSSR count). The second-order valence-corrected chi connectivity index (χ2v) is 9.95. The van der Waals surface area contributed by atoms with Crippen molar-refractivity contribution in [3.63, 3.8) is 0 Å². The second kappa shape index (κ2) is 10.6. The van der Waals surface area contributed by atoms with Gasteiger partial charge in [-0.3, -0.25) is 4.79 Å². The van der Waals surface area contributed by atoms with Gasteiger partial charge >= 0.3 is 0 Å². The Morgan fingerprint density at radius 1 is 1.16 bits per heavy atom. The number of carbonyl (C=O) groups excluding carboxylic acids is 1. The third kappa shape index (κ3) is 5.59. The van der Waals surface area contributed by atoms with Crippen molar-refractivity contribution in [2.24, 2.45) is 0 Å². The number of ether oxygens (including phenoxy) is 3. The normalized spacial score (nSPS) is 20.9. The Labute approximate surface area is 195 Å². The van der Waals surface area contributed by atoms with Crippen LogP contribution in [0.15, 0.2) is 47.4 Å². The minimum atomic E-state index is -0.215. The first kappa shape index (κ1) is 23.0. The summed E-state index contributed by atoms with van der Waals surface area (Å²) in [4.78, 5) is 15.9. The Balaban J connectivity index is 1.33. The Hall–Kier alpha value is -2.18. The summed E-state index contributed by atoms with van der Waals surface area (Å²) >= 11 is 1.81. The molecule has 0 N–H and O–H groups in total. The number of methoxy groups -OCH3 is 1. The van der Waals surface area contributed by atoms with Crippen LogP contribution in [-0.4, -0.2) is 49.7 Å². The highest BCUT2D eigenvalue weighted by molar-refractivity contribution is 7.99.